The first-order valence-electron chi connectivity index (χ1n) is 6.26. The largest absolute Gasteiger partial charge is 0.357 e. The molecule has 0 fully saturated rings. The van der Waals surface area contributed by atoms with Crippen molar-refractivity contribution < 1.29 is 0 Å². The smallest absolute Gasteiger partial charge is 0.177 e. The zero-order chi connectivity index (χ0) is 13.7. The van der Waals surface area contributed by atoms with E-state index in [9.17, 15) is 0 Å². The minimum atomic E-state index is 0.374. The number of aryl methyl sites for hydroxylation is 2. The molecule has 0 radical (unpaired) electrons. The second-order valence-corrected chi connectivity index (χ2v) is 5.06. The molecule has 100 valence electrons. The fraction of sp³-hybridized carbons (Fsp3) is 0.615. The first kappa shape index (κ1) is 14.4. The van der Waals surface area contributed by atoms with Crippen LogP contribution in [0.15, 0.2) is 18.5 Å². The van der Waals surface area contributed by atoms with Gasteiger partial charge in [-0.15, -0.1) is 10.2 Å². The van der Waals surface area contributed by atoms with E-state index in [-0.39, 0.29) is 0 Å². The molecule has 18 heavy (non-hydrogen) atoms. The highest BCUT2D eigenvalue weighted by atomic mass is 15.6. The van der Waals surface area contributed by atoms with Crippen LogP contribution in [-0.4, -0.2) is 24.8 Å². The maximum absolute atomic E-state index is 4.00. The van der Waals surface area contributed by atoms with Gasteiger partial charge in [-0.3, -0.25) is 0 Å². The first-order chi connectivity index (χ1) is 8.40. The topological polar surface area (TPSA) is 48.5 Å². The lowest BCUT2D eigenvalue weighted by molar-refractivity contribution is 0.625. The van der Waals surface area contributed by atoms with Gasteiger partial charge in [0.1, 0.15) is 0 Å². The van der Waals surface area contributed by atoms with Gasteiger partial charge in [0, 0.05) is 25.4 Å². The van der Waals surface area contributed by atoms with Crippen molar-refractivity contribution in [3.8, 4) is 0 Å². The highest BCUT2D eigenvalue weighted by molar-refractivity contribution is 5.13. The normalized spacial score (nSPS) is 10.7. The molecule has 0 amide bonds. The Balaban J connectivity index is 0.000000180. The first-order valence-corrected chi connectivity index (χ1v) is 6.26. The molecule has 0 aliphatic heterocycles. The second kappa shape index (κ2) is 6.33. The highest BCUT2D eigenvalue weighted by Crippen LogP contribution is 2.12. The summed E-state index contributed by atoms with van der Waals surface area (Å²) >= 11 is 0. The molecule has 0 saturated carbocycles. The Hall–Kier alpha value is -1.65. The van der Waals surface area contributed by atoms with E-state index in [1.165, 1.54) is 10.4 Å². The Morgan fingerprint density at radius 1 is 1.06 bits per heavy atom. The third-order valence-corrected chi connectivity index (χ3v) is 2.56. The highest BCUT2D eigenvalue weighted by Gasteiger charge is 2.03. The lowest BCUT2D eigenvalue weighted by Crippen LogP contribution is -1.94. The van der Waals surface area contributed by atoms with Crippen molar-refractivity contribution in [2.45, 2.75) is 39.5 Å². The van der Waals surface area contributed by atoms with Crippen molar-refractivity contribution in [2.75, 3.05) is 0 Å². The lowest BCUT2D eigenvalue weighted by Gasteiger charge is -1.97. The Kier molecular flexibility index (Phi) is 5.07. The van der Waals surface area contributed by atoms with Gasteiger partial charge >= 0.3 is 0 Å². The summed E-state index contributed by atoms with van der Waals surface area (Å²) in [6.07, 6.45) is 4.24. The number of nitrogens with zero attached hydrogens (tertiary/aromatic N) is 5. The maximum Gasteiger partial charge on any atom is 0.177 e. The molecule has 0 saturated heterocycles. The van der Waals surface area contributed by atoms with Crippen LogP contribution in [0, 0.1) is 0 Å². The molecule has 5 nitrogen and oxygen atoms in total. The minimum absolute atomic E-state index is 0.374. The van der Waals surface area contributed by atoms with Crippen LogP contribution in [0.2, 0.25) is 0 Å². The average molecular weight is 249 g/mol. The summed E-state index contributed by atoms with van der Waals surface area (Å²) in [4.78, 5) is 1.47. The van der Waals surface area contributed by atoms with Crippen molar-refractivity contribution in [2.24, 2.45) is 14.1 Å². The molecule has 0 aliphatic rings. The molecule has 0 N–H and O–H groups in total. The molecule has 0 aliphatic carbocycles. The van der Waals surface area contributed by atoms with Crippen molar-refractivity contribution in [1.29, 1.82) is 0 Å². The van der Waals surface area contributed by atoms with E-state index in [1.807, 2.05) is 20.9 Å². The van der Waals surface area contributed by atoms with Gasteiger partial charge in [0.2, 0.25) is 0 Å². The summed E-state index contributed by atoms with van der Waals surface area (Å²) in [5, 5.41) is 11.5. The number of aromatic nitrogens is 5. The van der Waals surface area contributed by atoms with Crippen LogP contribution in [-0.2, 0) is 14.1 Å². The Morgan fingerprint density at radius 3 is 1.94 bits per heavy atom. The van der Waals surface area contributed by atoms with E-state index in [0.29, 0.717) is 11.8 Å². The van der Waals surface area contributed by atoms with Gasteiger partial charge in [0.05, 0.1) is 7.05 Å². The molecule has 0 unspecified atom stereocenters. The van der Waals surface area contributed by atoms with Crippen molar-refractivity contribution >= 4 is 0 Å². The molecule has 0 aromatic carbocycles. The van der Waals surface area contributed by atoms with Crippen LogP contribution >= 0.6 is 0 Å². The maximum atomic E-state index is 4.00. The summed E-state index contributed by atoms with van der Waals surface area (Å²) in [5.41, 5.74) is 1.41. The molecule has 5 heteroatoms. The summed E-state index contributed by atoms with van der Waals surface area (Å²) < 4.78 is 2.08. The Labute approximate surface area is 109 Å². The second-order valence-electron chi connectivity index (χ2n) is 5.06. The molecule has 2 aromatic rings. The SMILES string of the molecule is CC(C)c1ccn(C)c1.CC(C)c1nnn(C)n1. The summed E-state index contributed by atoms with van der Waals surface area (Å²) in [6, 6.07) is 2.16. The van der Waals surface area contributed by atoms with Gasteiger partial charge < -0.3 is 4.57 Å². The number of tetrazole rings is 1. The fourth-order valence-corrected chi connectivity index (χ4v) is 1.40. The van der Waals surface area contributed by atoms with E-state index >= 15 is 0 Å². The van der Waals surface area contributed by atoms with Crippen LogP contribution in [0.3, 0.4) is 0 Å². The van der Waals surface area contributed by atoms with Crippen molar-refractivity contribution in [3.63, 3.8) is 0 Å². The van der Waals surface area contributed by atoms with Crippen molar-refractivity contribution in [3.05, 3.63) is 29.8 Å². The van der Waals surface area contributed by atoms with E-state index < -0.39 is 0 Å². The van der Waals surface area contributed by atoms with Crippen LogP contribution in [0.4, 0.5) is 0 Å². The monoisotopic (exact) mass is 249 g/mol. The molecule has 2 rings (SSSR count). The van der Waals surface area contributed by atoms with Crippen LogP contribution in [0.5, 0.6) is 0 Å². The minimum Gasteiger partial charge on any atom is -0.357 e. The number of hydrogen-bond acceptors (Lipinski definition) is 3. The lowest BCUT2D eigenvalue weighted by atomic mass is 10.1. The molecular weight excluding hydrogens is 226 g/mol. The van der Waals surface area contributed by atoms with E-state index in [4.69, 9.17) is 0 Å². The zero-order valence-electron chi connectivity index (χ0n) is 12.1. The molecule has 0 spiro atoms. The standard InChI is InChI=1S/C8H13N.C5H10N4/c1-7(2)8-4-5-9(3)6-8;1-4(2)5-6-8-9(3)7-5/h4-7H,1-3H3;4H,1-3H3. The Morgan fingerprint density at radius 2 is 1.72 bits per heavy atom. The molecule has 2 heterocycles. The van der Waals surface area contributed by atoms with Gasteiger partial charge in [-0.25, -0.2) is 0 Å². The van der Waals surface area contributed by atoms with E-state index in [0.717, 1.165) is 5.82 Å². The molecule has 2 aromatic heterocycles. The predicted octanol–water partition coefficient (Wildman–Crippen LogP) is 2.48. The Bertz CT molecular complexity index is 423. The van der Waals surface area contributed by atoms with Crippen molar-refractivity contribution in [1.82, 2.24) is 24.8 Å². The van der Waals surface area contributed by atoms with Crippen LogP contribution in [0.25, 0.3) is 0 Å². The molecular formula is C13H23N5. The van der Waals surface area contributed by atoms with Gasteiger partial charge in [-0.05, 0) is 22.8 Å². The average Bonchev–Trinajstić information content (AvgIpc) is 2.88. The summed E-state index contributed by atoms with van der Waals surface area (Å²) in [6.45, 7) is 8.48. The fourth-order valence-electron chi connectivity index (χ4n) is 1.40. The summed E-state index contributed by atoms with van der Waals surface area (Å²) in [7, 11) is 3.81. The number of rotatable bonds is 2. The number of hydrogen-bond donors (Lipinski definition) is 0. The third kappa shape index (κ3) is 4.31. The molecule has 0 atom stereocenters. The predicted molar refractivity (Wildman–Crippen MR) is 72.4 cm³/mol. The van der Waals surface area contributed by atoms with Gasteiger partial charge in [-0.2, -0.15) is 4.80 Å². The zero-order valence-corrected chi connectivity index (χ0v) is 12.1. The molecule has 0 bridgehead atoms. The van der Waals surface area contributed by atoms with Crippen LogP contribution < -0.4 is 0 Å². The van der Waals surface area contributed by atoms with E-state index in [2.05, 4.69) is 52.3 Å². The van der Waals surface area contributed by atoms with Gasteiger partial charge in [0.25, 0.3) is 0 Å². The quantitative estimate of drug-likeness (QED) is 0.821. The third-order valence-electron chi connectivity index (χ3n) is 2.56. The summed E-state index contributed by atoms with van der Waals surface area (Å²) in [5.74, 6) is 1.84. The van der Waals surface area contributed by atoms with Gasteiger partial charge in [0.15, 0.2) is 5.82 Å². The van der Waals surface area contributed by atoms with Gasteiger partial charge in [-0.1, -0.05) is 27.7 Å². The van der Waals surface area contributed by atoms with Crippen LogP contribution in [0.1, 0.15) is 50.9 Å². The van der Waals surface area contributed by atoms with E-state index in [1.54, 1.807) is 7.05 Å².